The van der Waals surface area contributed by atoms with E-state index in [1.807, 2.05) is 83.4 Å². The Bertz CT molecular complexity index is 1880. The predicted octanol–water partition coefficient (Wildman–Crippen LogP) is 6.93. The van der Waals surface area contributed by atoms with Crippen LogP contribution in [0.4, 0.5) is 4.79 Å². The minimum atomic E-state index is -1.38. The summed E-state index contributed by atoms with van der Waals surface area (Å²) in [5.41, 5.74) is 7.07. The largest absolute Gasteiger partial charge is 0.512 e. The van der Waals surface area contributed by atoms with Gasteiger partial charge in [-0.15, -0.1) is 0 Å². The number of benzene rings is 4. The lowest BCUT2D eigenvalue weighted by Gasteiger charge is -2.12. The van der Waals surface area contributed by atoms with Crippen molar-refractivity contribution in [3.63, 3.8) is 0 Å². The Labute approximate surface area is 233 Å². The Balaban J connectivity index is 1.39. The van der Waals surface area contributed by atoms with Crippen molar-refractivity contribution in [2.75, 3.05) is 6.61 Å². The third-order valence-electron chi connectivity index (χ3n) is 7.06. The second kappa shape index (κ2) is 10.0. The summed E-state index contributed by atoms with van der Waals surface area (Å²) in [6, 6.07) is 27.6. The van der Waals surface area contributed by atoms with Crippen LogP contribution in [0.5, 0.6) is 17.4 Å². The highest BCUT2D eigenvalue weighted by Crippen LogP contribution is 2.44. The molecule has 0 spiro atoms. The number of hydrogen-bond donors (Lipinski definition) is 1. The lowest BCUT2D eigenvalue weighted by Crippen LogP contribution is -2.10. The smallest absolute Gasteiger partial charge is 0.493 e. The number of rotatable bonds is 7. The molecule has 6 aromatic rings. The van der Waals surface area contributed by atoms with Crippen molar-refractivity contribution in [3.8, 4) is 28.5 Å². The molecule has 0 aliphatic carbocycles. The molecule has 0 saturated carbocycles. The molecule has 1 N–H and O–H groups in total. The third kappa shape index (κ3) is 4.50. The van der Waals surface area contributed by atoms with E-state index in [1.165, 1.54) is 0 Å². The number of ether oxygens (including phenoxy) is 3. The van der Waals surface area contributed by atoms with Gasteiger partial charge in [0.1, 0.15) is 29.1 Å². The van der Waals surface area contributed by atoms with Crippen LogP contribution in [-0.4, -0.2) is 31.2 Å². The van der Waals surface area contributed by atoms with Gasteiger partial charge in [0.15, 0.2) is 0 Å². The maximum absolute atomic E-state index is 12.0. The Morgan fingerprint density at radius 3 is 2.70 bits per heavy atom. The average Bonchev–Trinajstić information content (AvgIpc) is 3.70. The van der Waals surface area contributed by atoms with Crippen molar-refractivity contribution in [1.82, 2.24) is 13.3 Å². The fourth-order valence-corrected chi connectivity index (χ4v) is 5.73. The Morgan fingerprint density at radius 1 is 0.950 bits per heavy atom. The molecule has 0 amide bonds. The minimum absolute atomic E-state index is 0.248. The normalized spacial score (nSPS) is 12.4. The van der Waals surface area contributed by atoms with Crippen LogP contribution in [0.15, 0.2) is 84.9 Å². The maximum Gasteiger partial charge on any atom is 0.512 e. The molecule has 3 heterocycles. The zero-order valence-corrected chi connectivity index (χ0v) is 22.1. The van der Waals surface area contributed by atoms with E-state index in [4.69, 9.17) is 14.2 Å². The van der Waals surface area contributed by atoms with Crippen LogP contribution in [0.3, 0.4) is 0 Å². The van der Waals surface area contributed by atoms with E-state index in [9.17, 15) is 9.90 Å². The molecule has 0 bridgehead atoms. The molecule has 0 unspecified atom stereocenters. The van der Waals surface area contributed by atoms with Crippen molar-refractivity contribution in [1.29, 1.82) is 0 Å². The molecular formula is C31H23N3O5S. The number of nitrogens with zero attached hydrogens (tertiary/aromatic N) is 3. The lowest BCUT2D eigenvalue weighted by molar-refractivity contribution is 0.141. The highest BCUT2D eigenvalue weighted by molar-refractivity contribution is 7.00. The van der Waals surface area contributed by atoms with Crippen molar-refractivity contribution in [2.45, 2.75) is 19.6 Å². The molecule has 7 rings (SSSR count). The highest BCUT2D eigenvalue weighted by atomic mass is 32.1. The molecule has 2 aromatic heterocycles. The van der Waals surface area contributed by atoms with Crippen LogP contribution >= 0.6 is 11.7 Å². The van der Waals surface area contributed by atoms with Gasteiger partial charge in [0, 0.05) is 17.9 Å². The highest BCUT2D eigenvalue weighted by Gasteiger charge is 2.25. The molecule has 0 fully saturated rings. The maximum atomic E-state index is 12.0. The summed E-state index contributed by atoms with van der Waals surface area (Å²) >= 11 is 1.16. The van der Waals surface area contributed by atoms with E-state index < -0.39 is 6.16 Å². The number of carbonyl (C=O) groups is 1. The van der Waals surface area contributed by atoms with Gasteiger partial charge in [-0.3, -0.25) is 0 Å². The van der Waals surface area contributed by atoms with Gasteiger partial charge in [-0.25, -0.2) is 4.79 Å². The topological polar surface area (TPSA) is 95.7 Å². The van der Waals surface area contributed by atoms with Gasteiger partial charge in [-0.05, 0) is 58.7 Å². The van der Waals surface area contributed by atoms with E-state index in [1.54, 1.807) is 0 Å². The summed E-state index contributed by atoms with van der Waals surface area (Å²) in [7, 11) is 0. The summed E-state index contributed by atoms with van der Waals surface area (Å²) < 4.78 is 27.9. The average molecular weight is 550 g/mol. The molecule has 4 aromatic carbocycles. The van der Waals surface area contributed by atoms with Gasteiger partial charge in [-0.2, -0.15) is 8.75 Å². The summed E-state index contributed by atoms with van der Waals surface area (Å²) in [5, 5.41) is 10.6. The monoisotopic (exact) mass is 549 g/mol. The van der Waals surface area contributed by atoms with Crippen LogP contribution < -0.4 is 14.2 Å². The van der Waals surface area contributed by atoms with Crippen LogP contribution in [0.25, 0.3) is 33.1 Å². The van der Waals surface area contributed by atoms with Crippen molar-refractivity contribution in [2.24, 2.45) is 0 Å². The zero-order valence-electron chi connectivity index (χ0n) is 21.2. The second-order valence-electron chi connectivity index (χ2n) is 9.60. The van der Waals surface area contributed by atoms with Crippen LogP contribution in [0, 0.1) is 0 Å². The first-order valence-corrected chi connectivity index (χ1v) is 13.6. The number of hydrogen-bond acceptors (Lipinski definition) is 7. The van der Waals surface area contributed by atoms with E-state index >= 15 is 0 Å². The van der Waals surface area contributed by atoms with E-state index in [2.05, 4.69) is 14.8 Å². The molecule has 0 atom stereocenters. The molecule has 1 aliphatic rings. The van der Waals surface area contributed by atoms with E-state index in [0.717, 1.165) is 68.1 Å². The fraction of sp³-hybridized carbons (Fsp3) is 0.129. The van der Waals surface area contributed by atoms with Gasteiger partial charge >= 0.3 is 6.16 Å². The zero-order chi connectivity index (χ0) is 27.1. The van der Waals surface area contributed by atoms with Crippen molar-refractivity contribution < 1.29 is 24.1 Å². The summed E-state index contributed by atoms with van der Waals surface area (Å²) in [6.07, 6.45) is -0.578. The van der Waals surface area contributed by atoms with Crippen LogP contribution in [0.1, 0.15) is 16.7 Å². The molecule has 1 aliphatic heterocycles. The summed E-state index contributed by atoms with van der Waals surface area (Å²) in [6.45, 7) is 1.41. The number of aromatic nitrogens is 3. The SMILES string of the molecule is O=C(O)Oc1c(-c2ccc3c(c2)CCO3)c2ccc(OCc3ccccc3)cc2n1Cc1ccc2nsnc2c1. The fourth-order valence-electron chi connectivity index (χ4n) is 5.21. The summed E-state index contributed by atoms with van der Waals surface area (Å²) in [4.78, 5) is 12.0. The first-order chi connectivity index (χ1) is 19.6. The van der Waals surface area contributed by atoms with E-state index in [-0.39, 0.29) is 5.88 Å². The molecule has 8 nitrogen and oxygen atoms in total. The van der Waals surface area contributed by atoms with Gasteiger partial charge in [0.2, 0.25) is 5.88 Å². The first-order valence-electron chi connectivity index (χ1n) is 12.8. The molecule has 40 heavy (non-hydrogen) atoms. The first kappa shape index (κ1) is 24.2. The Morgan fingerprint density at radius 2 is 1.82 bits per heavy atom. The Kier molecular flexibility index (Phi) is 6.05. The molecule has 0 radical (unpaired) electrons. The molecule has 198 valence electrons. The predicted molar refractivity (Wildman–Crippen MR) is 153 cm³/mol. The van der Waals surface area contributed by atoms with Crippen LogP contribution in [0.2, 0.25) is 0 Å². The quantitative estimate of drug-likeness (QED) is 0.216. The number of fused-ring (bicyclic) bond motifs is 3. The lowest BCUT2D eigenvalue weighted by atomic mass is 10.0. The summed E-state index contributed by atoms with van der Waals surface area (Å²) in [5.74, 6) is 1.78. The standard InChI is InChI=1S/C31H23N3O5S/c35-31(36)39-30-29(22-7-11-28-21(15-22)12-13-37-28)24-9-8-23(38-18-19-4-2-1-3-5-19)16-27(24)34(30)17-20-6-10-25-26(14-20)33-40-32-25/h1-11,14-16H,12-13,17-18H2,(H,35,36). The van der Waals surface area contributed by atoms with Gasteiger partial charge in [-0.1, -0.05) is 42.5 Å². The van der Waals surface area contributed by atoms with Gasteiger partial charge < -0.3 is 23.9 Å². The minimum Gasteiger partial charge on any atom is -0.493 e. The van der Waals surface area contributed by atoms with Crippen molar-refractivity contribution in [3.05, 3.63) is 102 Å². The Hall–Kier alpha value is -4.89. The second-order valence-corrected chi connectivity index (χ2v) is 10.1. The van der Waals surface area contributed by atoms with Gasteiger partial charge in [0.05, 0.1) is 36.0 Å². The molecule has 9 heteroatoms. The number of carboxylic acid groups (broad SMARTS) is 1. The van der Waals surface area contributed by atoms with Gasteiger partial charge in [0.25, 0.3) is 0 Å². The molecule has 0 saturated heterocycles. The van der Waals surface area contributed by atoms with E-state index in [0.29, 0.717) is 31.1 Å². The molecular weight excluding hydrogens is 526 g/mol. The van der Waals surface area contributed by atoms with Crippen molar-refractivity contribution >= 4 is 39.8 Å². The van der Waals surface area contributed by atoms with Crippen LogP contribution in [-0.2, 0) is 19.6 Å². The third-order valence-corrected chi connectivity index (χ3v) is 7.61.